The van der Waals surface area contributed by atoms with Gasteiger partial charge in [0.25, 0.3) is 0 Å². The summed E-state index contributed by atoms with van der Waals surface area (Å²) < 4.78 is 0. The molecule has 3 heteroatoms. The summed E-state index contributed by atoms with van der Waals surface area (Å²) in [7, 11) is 0. The van der Waals surface area contributed by atoms with Gasteiger partial charge in [-0.15, -0.1) is 0 Å². The molecule has 3 rings (SSSR count). The topological polar surface area (TPSA) is 49.5 Å². The Hall–Kier alpha value is -0.120. The summed E-state index contributed by atoms with van der Waals surface area (Å²) in [4.78, 5) is 2.59. The van der Waals surface area contributed by atoms with E-state index in [2.05, 4.69) is 4.90 Å². The molecule has 0 bridgehead atoms. The molecule has 0 aromatic carbocycles. The van der Waals surface area contributed by atoms with E-state index in [0.717, 1.165) is 32.0 Å². The van der Waals surface area contributed by atoms with Gasteiger partial charge in [-0.1, -0.05) is 12.8 Å². The molecule has 0 aromatic rings. The lowest BCUT2D eigenvalue weighted by molar-refractivity contribution is -0.109. The summed E-state index contributed by atoms with van der Waals surface area (Å²) in [5, 5.41) is 10.6. The van der Waals surface area contributed by atoms with E-state index in [1.807, 2.05) is 0 Å². The minimum atomic E-state index is -0.319. The first-order chi connectivity index (χ1) is 7.67. The number of hydrogen-bond donors (Lipinski definition) is 2. The van der Waals surface area contributed by atoms with Crippen LogP contribution in [0.25, 0.3) is 0 Å². The van der Waals surface area contributed by atoms with Crippen molar-refractivity contribution in [2.75, 3.05) is 13.1 Å². The third-order valence-corrected chi connectivity index (χ3v) is 5.13. The van der Waals surface area contributed by atoms with E-state index in [4.69, 9.17) is 5.73 Å². The van der Waals surface area contributed by atoms with Gasteiger partial charge in [0.05, 0.1) is 5.60 Å². The van der Waals surface area contributed by atoms with Crippen molar-refractivity contribution in [2.45, 2.75) is 62.6 Å². The number of rotatable bonds is 1. The van der Waals surface area contributed by atoms with Crippen molar-refractivity contribution < 1.29 is 5.11 Å². The largest absolute Gasteiger partial charge is 0.390 e. The Bertz CT molecular complexity index is 265. The first-order valence-corrected chi connectivity index (χ1v) is 6.89. The van der Waals surface area contributed by atoms with Crippen LogP contribution < -0.4 is 5.73 Å². The summed E-state index contributed by atoms with van der Waals surface area (Å²) in [6.07, 6.45) is 8.13. The van der Waals surface area contributed by atoms with Crippen LogP contribution in [0.1, 0.15) is 44.9 Å². The van der Waals surface area contributed by atoms with Gasteiger partial charge in [-0.3, -0.25) is 4.90 Å². The van der Waals surface area contributed by atoms with Gasteiger partial charge in [0.15, 0.2) is 0 Å². The molecule has 16 heavy (non-hydrogen) atoms. The second kappa shape index (κ2) is 3.97. The number of nitrogens with zero attached hydrogens (tertiary/aromatic N) is 1. The summed E-state index contributed by atoms with van der Waals surface area (Å²) in [6, 6.07) is 1.17. The van der Waals surface area contributed by atoms with Crippen LogP contribution in [0.2, 0.25) is 0 Å². The van der Waals surface area contributed by atoms with E-state index in [9.17, 15) is 5.11 Å². The third-order valence-electron chi connectivity index (χ3n) is 5.13. The number of aliphatic hydroxyl groups is 1. The lowest BCUT2D eigenvalue weighted by Crippen LogP contribution is -2.59. The van der Waals surface area contributed by atoms with E-state index in [-0.39, 0.29) is 5.60 Å². The summed E-state index contributed by atoms with van der Waals surface area (Å²) in [5.41, 5.74) is 5.54. The molecule has 2 unspecified atom stereocenters. The monoisotopic (exact) mass is 224 g/mol. The highest BCUT2D eigenvalue weighted by Crippen LogP contribution is 2.41. The Kier molecular flexibility index (Phi) is 2.73. The van der Waals surface area contributed by atoms with Crippen molar-refractivity contribution in [2.24, 2.45) is 11.7 Å². The van der Waals surface area contributed by atoms with E-state index >= 15 is 0 Å². The quantitative estimate of drug-likeness (QED) is 0.701. The van der Waals surface area contributed by atoms with Crippen molar-refractivity contribution in [3.8, 4) is 0 Å². The fourth-order valence-corrected chi connectivity index (χ4v) is 3.86. The molecule has 3 aliphatic rings. The van der Waals surface area contributed by atoms with Gasteiger partial charge in [-0.25, -0.2) is 0 Å². The second-order valence-electron chi connectivity index (χ2n) is 6.18. The standard InChI is InChI=1S/C13H24N2O/c14-11-7-12(8-11)15-6-5-13(16)4-2-1-3-10(13)9-15/h10-12,16H,1-9,14H2. The zero-order valence-electron chi connectivity index (χ0n) is 10.1. The van der Waals surface area contributed by atoms with Crippen molar-refractivity contribution >= 4 is 0 Å². The number of hydrogen-bond acceptors (Lipinski definition) is 3. The molecular formula is C13H24N2O. The lowest BCUT2D eigenvalue weighted by atomic mass is 9.70. The number of fused-ring (bicyclic) bond motifs is 1. The van der Waals surface area contributed by atoms with E-state index in [0.29, 0.717) is 12.0 Å². The molecule has 92 valence electrons. The fourth-order valence-electron chi connectivity index (χ4n) is 3.86. The minimum absolute atomic E-state index is 0.319. The molecule has 1 saturated heterocycles. The van der Waals surface area contributed by atoms with Crippen LogP contribution in [-0.4, -0.2) is 40.8 Å². The van der Waals surface area contributed by atoms with Crippen molar-refractivity contribution in [1.82, 2.24) is 4.90 Å². The maximum Gasteiger partial charge on any atom is 0.0700 e. The van der Waals surface area contributed by atoms with Crippen LogP contribution >= 0.6 is 0 Å². The van der Waals surface area contributed by atoms with Crippen molar-refractivity contribution in [3.05, 3.63) is 0 Å². The Morgan fingerprint density at radius 3 is 2.75 bits per heavy atom. The first kappa shape index (κ1) is 11.0. The highest BCUT2D eigenvalue weighted by atomic mass is 16.3. The molecule has 3 N–H and O–H groups in total. The molecule has 0 amide bonds. The van der Waals surface area contributed by atoms with E-state index in [1.54, 1.807) is 0 Å². The number of likely N-dealkylation sites (tertiary alicyclic amines) is 1. The van der Waals surface area contributed by atoms with Crippen molar-refractivity contribution in [1.29, 1.82) is 0 Å². The van der Waals surface area contributed by atoms with Crippen LogP contribution in [0, 0.1) is 5.92 Å². The molecule has 2 atom stereocenters. The average molecular weight is 224 g/mol. The van der Waals surface area contributed by atoms with Gasteiger partial charge < -0.3 is 10.8 Å². The highest BCUT2D eigenvalue weighted by molar-refractivity contribution is 4.99. The normalized spacial score (nSPS) is 49.5. The molecule has 0 aromatic heterocycles. The number of nitrogens with two attached hydrogens (primary N) is 1. The third kappa shape index (κ3) is 1.79. The average Bonchev–Trinajstić information content (AvgIpc) is 2.24. The smallest absolute Gasteiger partial charge is 0.0700 e. The summed E-state index contributed by atoms with van der Waals surface area (Å²) in [6.45, 7) is 2.21. The number of piperidine rings is 1. The van der Waals surface area contributed by atoms with E-state index < -0.39 is 0 Å². The van der Waals surface area contributed by atoms with Crippen LogP contribution in [-0.2, 0) is 0 Å². The SMILES string of the molecule is NC1CC(N2CCC3(O)CCCCC3C2)C1. The maximum absolute atomic E-state index is 10.6. The summed E-state index contributed by atoms with van der Waals surface area (Å²) >= 11 is 0. The lowest BCUT2D eigenvalue weighted by Gasteiger charge is -2.52. The molecule has 3 fully saturated rings. The Labute approximate surface area is 98.0 Å². The van der Waals surface area contributed by atoms with Gasteiger partial charge in [-0.2, -0.15) is 0 Å². The highest BCUT2D eigenvalue weighted by Gasteiger charge is 2.45. The zero-order chi connectivity index (χ0) is 11.2. The predicted octanol–water partition coefficient (Wildman–Crippen LogP) is 1.10. The van der Waals surface area contributed by atoms with Crippen LogP contribution in [0.5, 0.6) is 0 Å². The van der Waals surface area contributed by atoms with Gasteiger partial charge in [-0.05, 0) is 32.1 Å². The van der Waals surface area contributed by atoms with E-state index in [1.165, 1.54) is 32.1 Å². The second-order valence-corrected chi connectivity index (χ2v) is 6.18. The van der Waals surface area contributed by atoms with Gasteiger partial charge >= 0.3 is 0 Å². The summed E-state index contributed by atoms with van der Waals surface area (Å²) in [5.74, 6) is 0.534. The zero-order valence-corrected chi connectivity index (χ0v) is 10.1. The van der Waals surface area contributed by atoms with Gasteiger partial charge in [0, 0.05) is 31.1 Å². The predicted molar refractivity (Wildman–Crippen MR) is 64.1 cm³/mol. The molecule has 1 aliphatic heterocycles. The maximum atomic E-state index is 10.6. The molecule has 3 nitrogen and oxygen atoms in total. The molecule has 0 spiro atoms. The fraction of sp³-hybridized carbons (Fsp3) is 1.00. The Morgan fingerprint density at radius 2 is 2.00 bits per heavy atom. The van der Waals surface area contributed by atoms with Crippen LogP contribution in [0.15, 0.2) is 0 Å². The van der Waals surface area contributed by atoms with Gasteiger partial charge in [0.2, 0.25) is 0 Å². The Balaban J connectivity index is 1.62. The first-order valence-electron chi connectivity index (χ1n) is 6.89. The minimum Gasteiger partial charge on any atom is -0.390 e. The molecular weight excluding hydrogens is 200 g/mol. The molecule has 2 aliphatic carbocycles. The van der Waals surface area contributed by atoms with Crippen molar-refractivity contribution in [3.63, 3.8) is 0 Å². The molecule has 2 saturated carbocycles. The van der Waals surface area contributed by atoms with Crippen LogP contribution in [0.4, 0.5) is 0 Å². The van der Waals surface area contributed by atoms with Crippen LogP contribution in [0.3, 0.4) is 0 Å². The molecule has 1 heterocycles. The Morgan fingerprint density at radius 1 is 1.19 bits per heavy atom. The molecule has 0 radical (unpaired) electrons. The van der Waals surface area contributed by atoms with Gasteiger partial charge in [0.1, 0.15) is 0 Å².